The summed E-state index contributed by atoms with van der Waals surface area (Å²) in [6, 6.07) is 7.81. The first kappa shape index (κ1) is 20.7. The molecule has 1 saturated carbocycles. The lowest BCUT2D eigenvalue weighted by Crippen LogP contribution is -2.35. The van der Waals surface area contributed by atoms with Crippen LogP contribution in [-0.4, -0.2) is 32.1 Å². The van der Waals surface area contributed by atoms with E-state index in [4.69, 9.17) is 10.5 Å². The van der Waals surface area contributed by atoms with Crippen LogP contribution in [0.5, 0.6) is 0 Å². The molecule has 24 heavy (non-hydrogen) atoms. The second-order valence-corrected chi connectivity index (χ2v) is 5.75. The van der Waals surface area contributed by atoms with Crippen molar-refractivity contribution in [2.45, 2.75) is 32.3 Å². The lowest BCUT2D eigenvalue weighted by atomic mass is 9.85. The molecule has 1 aliphatic carbocycles. The molecule has 4 N–H and O–H groups in total. The third-order valence-electron chi connectivity index (χ3n) is 3.97. The summed E-state index contributed by atoms with van der Waals surface area (Å²) in [5.41, 5.74) is 7.83. The van der Waals surface area contributed by atoms with Crippen molar-refractivity contribution >= 4 is 41.5 Å². The van der Waals surface area contributed by atoms with Crippen molar-refractivity contribution in [3.63, 3.8) is 0 Å². The first-order valence-electron chi connectivity index (χ1n) is 8.12. The maximum atomic E-state index is 11.7. The van der Waals surface area contributed by atoms with Crippen LogP contribution in [0.25, 0.3) is 0 Å². The molecule has 0 atom stereocenters. The summed E-state index contributed by atoms with van der Waals surface area (Å²) in [7, 11) is 1.66. The van der Waals surface area contributed by atoms with Crippen LogP contribution in [0, 0.1) is 5.92 Å². The number of nitrogens with two attached hydrogens (primary N) is 1. The fraction of sp³-hybridized carbons (Fsp3) is 0.529. The molecule has 0 bridgehead atoms. The summed E-state index contributed by atoms with van der Waals surface area (Å²) in [4.78, 5) is 16.0. The molecular weight excluding hydrogens is 419 g/mol. The van der Waals surface area contributed by atoms with E-state index in [0.717, 1.165) is 30.5 Å². The fourth-order valence-electron chi connectivity index (χ4n) is 2.41. The third-order valence-corrected chi connectivity index (χ3v) is 3.97. The minimum absolute atomic E-state index is 0. The number of carbonyl (C=O) groups excluding carboxylic acids is 1. The maximum absolute atomic E-state index is 11.7. The van der Waals surface area contributed by atoms with E-state index in [-0.39, 0.29) is 35.8 Å². The Balaban J connectivity index is 0.00000288. The molecule has 0 aromatic heterocycles. The van der Waals surface area contributed by atoms with Crippen LogP contribution < -0.4 is 16.4 Å². The monoisotopic (exact) mass is 446 g/mol. The van der Waals surface area contributed by atoms with E-state index >= 15 is 0 Å². The number of carbonyl (C=O) groups is 1. The Hall–Kier alpha value is -1.35. The Morgan fingerprint density at radius 3 is 2.79 bits per heavy atom. The quantitative estimate of drug-likeness (QED) is 0.248. The predicted octanol–water partition coefficient (Wildman–Crippen LogP) is 2.48. The normalized spacial score (nSPS) is 14.5. The number of rotatable bonds is 8. The maximum Gasteiger partial charge on any atom is 0.223 e. The zero-order chi connectivity index (χ0) is 16.5. The first-order chi connectivity index (χ1) is 11.2. The number of nitrogens with one attached hydrogen (secondary N) is 2. The Labute approximate surface area is 160 Å². The van der Waals surface area contributed by atoms with Crippen molar-refractivity contribution in [1.29, 1.82) is 0 Å². The van der Waals surface area contributed by atoms with Gasteiger partial charge >= 0.3 is 0 Å². The van der Waals surface area contributed by atoms with Crippen molar-refractivity contribution in [3.8, 4) is 0 Å². The van der Waals surface area contributed by atoms with Gasteiger partial charge in [-0.2, -0.15) is 0 Å². The van der Waals surface area contributed by atoms with Crippen molar-refractivity contribution < 1.29 is 9.53 Å². The van der Waals surface area contributed by atoms with E-state index in [0.29, 0.717) is 25.7 Å². The molecule has 6 nitrogen and oxygen atoms in total. The molecule has 0 aliphatic heterocycles. The minimum atomic E-state index is 0. The summed E-state index contributed by atoms with van der Waals surface area (Å²) in [5.74, 6) is 0.793. The molecule has 1 aliphatic rings. The molecular formula is C17H27IN4O2. The molecule has 1 fully saturated rings. The zero-order valence-corrected chi connectivity index (χ0v) is 16.4. The molecule has 0 saturated heterocycles. The summed E-state index contributed by atoms with van der Waals surface area (Å²) in [6.07, 6.45) is 4.01. The van der Waals surface area contributed by atoms with Gasteiger partial charge in [0.05, 0.1) is 6.61 Å². The summed E-state index contributed by atoms with van der Waals surface area (Å²) >= 11 is 0. The molecule has 1 amide bonds. The van der Waals surface area contributed by atoms with Gasteiger partial charge in [0.1, 0.15) is 0 Å². The highest BCUT2D eigenvalue weighted by Crippen LogP contribution is 2.26. The molecule has 1 aromatic carbocycles. The fourth-order valence-corrected chi connectivity index (χ4v) is 2.41. The summed E-state index contributed by atoms with van der Waals surface area (Å²) in [5, 5.41) is 6.04. The van der Waals surface area contributed by atoms with Gasteiger partial charge in [0, 0.05) is 37.4 Å². The number of anilines is 1. The van der Waals surface area contributed by atoms with Gasteiger partial charge in [-0.05, 0) is 25.3 Å². The zero-order valence-electron chi connectivity index (χ0n) is 14.1. The Kier molecular flexibility index (Phi) is 9.70. The summed E-state index contributed by atoms with van der Waals surface area (Å²) < 4.78 is 5.16. The molecule has 0 unspecified atom stereocenters. The van der Waals surface area contributed by atoms with Crippen molar-refractivity contribution in [1.82, 2.24) is 5.32 Å². The molecule has 0 radical (unpaired) electrons. The second kappa shape index (κ2) is 11.2. The topological polar surface area (TPSA) is 88.7 Å². The summed E-state index contributed by atoms with van der Waals surface area (Å²) in [6.45, 7) is 1.74. The van der Waals surface area contributed by atoms with Crippen LogP contribution in [0.1, 0.15) is 31.2 Å². The SMILES string of the molecule is COCc1ccccc1NC(N)=NCCCNC(=O)C1CCC1.I. The molecule has 0 spiro atoms. The van der Waals surface area contributed by atoms with Crippen LogP contribution in [-0.2, 0) is 16.1 Å². The first-order valence-corrected chi connectivity index (χ1v) is 8.12. The Bertz CT molecular complexity index is 547. The number of ether oxygens (including phenoxy) is 1. The van der Waals surface area contributed by atoms with Crippen molar-refractivity contribution in [3.05, 3.63) is 29.8 Å². The molecule has 0 heterocycles. The Morgan fingerprint density at radius 1 is 1.38 bits per heavy atom. The highest BCUT2D eigenvalue weighted by atomic mass is 127. The average Bonchev–Trinajstić information content (AvgIpc) is 2.47. The van der Waals surface area contributed by atoms with Gasteiger partial charge in [-0.15, -0.1) is 24.0 Å². The van der Waals surface area contributed by atoms with E-state index in [1.54, 1.807) is 7.11 Å². The lowest BCUT2D eigenvalue weighted by molar-refractivity contribution is -0.127. The molecule has 1 aromatic rings. The Morgan fingerprint density at radius 2 is 2.12 bits per heavy atom. The largest absolute Gasteiger partial charge is 0.380 e. The van der Waals surface area contributed by atoms with Gasteiger partial charge < -0.3 is 21.1 Å². The van der Waals surface area contributed by atoms with Crippen LogP contribution in [0.2, 0.25) is 0 Å². The highest BCUT2D eigenvalue weighted by Gasteiger charge is 2.24. The van der Waals surface area contributed by atoms with Gasteiger partial charge in [-0.1, -0.05) is 24.6 Å². The average molecular weight is 446 g/mol. The van der Waals surface area contributed by atoms with Crippen molar-refractivity contribution in [2.24, 2.45) is 16.6 Å². The van der Waals surface area contributed by atoms with Gasteiger partial charge in [-0.25, -0.2) is 0 Å². The van der Waals surface area contributed by atoms with Crippen LogP contribution in [0.4, 0.5) is 5.69 Å². The van der Waals surface area contributed by atoms with E-state index in [1.165, 1.54) is 6.42 Å². The number of halogens is 1. The minimum Gasteiger partial charge on any atom is -0.380 e. The number of para-hydroxylation sites is 1. The lowest BCUT2D eigenvalue weighted by Gasteiger charge is -2.23. The van der Waals surface area contributed by atoms with E-state index < -0.39 is 0 Å². The van der Waals surface area contributed by atoms with Crippen molar-refractivity contribution in [2.75, 3.05) is 25.5 Å². The smallest absolute Gasteiger partial charge is 0.223 e. The van der Waals surface area contributed by atoms with Gasteiger partial charge in [0.15, 0.2) is 5.96 Å². The van der Waals surface area contributed by atoms with Gasteiger partial charge in [-0.3, -0.25) is 9.79 Å². The number of guanidine groups is 1. The van der Waals surface area contributed by atoms with E-state index in [1.807, 2.05) is 24.3 Å². The molecule has 134 valence electrons. The number of hydrogen-bond donors (Lipinski definition) is 3. The number of nitrogens with zero attached hydrogens (tertiary/aromatic N) is 1. The number of methoxy groups -OCH3 is 1. The molecule has 7 heteroatoms. The highest BCUT2D eigenvalue weighted by molar-refractivity contribution is 14.0. The van der Waals surface area contributed by atoms with Crippen LogP contribution >= 0.6 is 24.0 Å². The molecule has 2 rings (SSSR count). The van der Waals surface area contributed by atoms with Crippen LogP contribution in [0.3, 0.4) is 0 Å². The number of hydrogen-bond acceptors (Lipinski definition) is 3. The number of aliphatic imine (C=N–C) groups is 1. The second-order valence-electron chi connectivity index (χ2n) is 5.75. The standard InChI is InChI=1S/C17H26N4O2.HI/c1-23-12-14-6-2-3-9-15(14)21-17(18)20-11-5-10-19-16(22)13-7-4-8-13;/h2-3,6,9,13H,4-5,7-8,10-12H2,1H3,(H,19,22)(H3,18,20,21);1H. The number of amides is 1. The van der Waals surface area contributed by atoms with Gasteiger partial charge in [0.25, 0.3) is 0 Å². The van der Waals surface area contributed by atoms with E-state index in [2.05, 4.69) is 15.6 Å². The van der Waals surface area contributed by atoms with E-state index in [9.17, 15) is 4.79 Å². The number of benzene rings is 1. The van der Waals surface area contributed by atoms with Gasteiger partial charge in [0.2, 0.25) is 5.91 Å². The predicted molar refractivity (Wildman–Crippen MR) is 108 cm³/mol. The third kappa shape index (κ3) is 6.64. The van der Waals surface area contributed by atoms with Crippen LogP contribution in [0.15, 0.2) is 29.3 Å².